The molecule has 0 bridgehead atoms. The summed E-state index contributed by atoms with van der Waals surface area (Å²) in [5, 5.41) is 38.2. The zero-order valence-electron chi connectivity index (χ0n) is 13.0. The van der Waals surface area contributed by atoms with E-state index >= 15 is 0 Å². The number of ether oxygens (including phenoxy) is 3. The number of aliphatic hydroxyl groups is 4. The molecule has 0 aliphatic carbocycles. The number of thioether (sulfide) groups is 1. The first-order valence-corrected chi connectivity index (χ1v) is 8.29. The summed E-state index contributed by atoms with van der Waals surface area (Å²) in [4.78, 5) is 10.9. The number of esters is 1. The van der Waals surface area contributed by atoms with E-state index in [1.807, 2.05) is 0 Å². The number of carbonyl (C=O) groups is 1. The van der Waals surface area contributed by atoms with Gasteiger partial charge in [0.25, 0.3) is 0 Å². The molecule has 134 valence electrons. The van der Waals surface area contributed by atoms with Crippen molar-refractivity contribution in [3.05, 3.63) is 12.2 Å². The van der Waals surface area contributed by atoms with Gasteiger partial charge in [-0.2, -0.15) is 11.8 Å². The first-order chi connectivity index (χ1) is 10.9. The van der Waals surface area contributed by atoms with E-state index in [0.717, 1.165) is 0 Å². The summed E-state index contributed by atoms with van der Waals surface area (Å²) in [6, 6.07) is 0. The monoisotopic (exact) mass is 352 g/mol. The van der Waals surface area contributed by atoms with E-state index in [4.69, 9.17) is 14.6 Å². The highest BCUT2D eigenvalue weighted by Crippen LogP contribution is 2.22. The largest absolute Gasteiger partial charge is 0.469 e. The van der Waals surface area contributed by atoms with Gasteiger partial charge in [-0.05, 0) is 5.57 Å². The SMILES string of the molecule is C=C(CO[C@H]1O[C@H](CO)[C@@H](O)[C@H](O)[C@H]1O)CSCCC(=O)OC. The molecule has 0 aromatic carbocycles. The predicted octanol–water partition coefficient (Wildman–Crippen LogP) is -1.34. The Morgan fingerprint density at radius 2 is 1.96 bits per heavy atom. The summed E-state index contributed by atoms with van der Waals surface area (Å²) in [5.74, 6) is 0.862. The lowest BCUT2D eigenvalue weighted by Gasteiger charge is -2.39. The van der Waals surface area contributed by atoms with Gasteiger partial charge < -0.3 is 34.6 Å². The minimum atomic E-state index is -1.46. The minimum Gasteiger partial charge on any atom is -0.469 e. The molecule has 1 saturated heterocycles. The summed E-state index contributed by atoms with van der Waals surface area (Å²) in [6.07, 6.45) is -6.15. The van der Waals surface area contributed by atoms with Crippen LogP contribution < -0.4 is 0 Å². The normalized spacial score (nSPS) is 30.9. The van der Waals surface area contributed by atoms with Crippen LogP contribution in [0.15, 0.2) is 12.2 Å². The van der Waals surface area contributed by atoms with Crippen LogP contribution in [-0.4, -0.2) is 88.9 Å². The number of methoxy groups -OCH3 is 1. The maximum atomic E-state index is 10.9. The third-order valence-corrected chi connectivity index (χ3v) is 4.39. The van der Waals surface area contributed by atoms with Crippen molar-refractivity contribution >= 4 is 17.7 Å². The Morgan fingerprint density at radius 3 is 2.57 bits per heavy atom. The fourth-order valence-electron chi connectivity index (χ4n) is 1.92. The molecule has 8 nitrogen and oxygen atoms in total. The summed E-state index contributed by atoms with van der Waals surface area (Å²) >= 11 is 1.49. The molecule has 5 atom stereocenters. The number of rotatable bonds is 9. The van der Waals surface area contributed by atoms with E-state index in [1.54, 1.807) is 0 Å². The first kappa shape index (κ1) is 20.4. The Balaban J connectivity index is 2.30. The molecule has 9 heteroatoms. The molecule has 0 unspecified atom stereocenters. The number of hydrogen-bond acceptors (Lipinski definition) is 9. The average Bonchev–Trinajstić information content (AvgIpc) is 2.55. The van der Waals surface area contributed by atoms with E-state index in [1.165, 1.54) is 18.9 Å². The van der Waals surface area contributed by atoms with Gasteiger partial charge in [0, 0.05) is 11.5 Å². The summed E-state index contributed by atoms with van der Waals surface area (Å²) < 4.78 is 15.1. The minimum absolute atomic E-state index is 0.0773. The second-order valence-corrected chi connectivity index (χ2v) is 6.24. The molecule has 0 amide bonds. The van der Waals surface area contributed by atoms with E-state index in [-0.39, 0.29) is 12.6 Å². The lowest BCUT2D eigenvalue weighted by atomic mass is 9.99. The van der Waals surface area contributed by atoms with Crippen molar-refractivity contribution in [3.63, 3.8) is 0 Å². The molecule has 1 aliphatic rings. The van der Waals surface area contributed by atoms with Gasteiger partial charge in [-0.3, -0.25) is 4.79 Å². The van der Waals surface area contributed by atoms with Crippen molar-refractivity contribution in [1.29, 1.82) is 0 Å². The molecule has 1 aliphatic heterocycles. The lowest BCUT2D eigenvalue weighted by Crippen LogP contribution is -2.59. The van der Waals surface area contributed by atoms with Crippen LogP contribution in [0, 0.1) is 0 Å². The molecule has 1 heterocycles. The van der Waals surface area contributed by atoms with E-state index < -0.39 is 37.3 Å². The van der Waals surface area contributed by atoms with Crippen LogP contribution in [0.1, 0.15) is 6.42 Å². The van der Waals surface area contributed by atoms with Crippen molar-refractivity contribution in [3.8, 4) is 0 Å². The number of hydrogen-bond donors (Lipinski definition) is 4. The third kappa shape index (κ3) is 6.38. The van der Waals surface area contributed by atoms with Crippen molar-refractivity contribution in [2.45, 2.75) is 37.1 Å². The highest BCUT2D eigenvalue weighted by atomic mass is 32.2. The van der Waals surface area contributed by atoms with Crippen LogP contribution in [-0.2, 0) is 19.0 Å². The molecule has 1 rings (SSSR count). The van der Waals surface area contributed by atoms with Gasteiger partial charge in [-0.25, -0.2) is 0 Å². The fraction of sp³-hybridized carbons (Fsp3) is 0.786. The van der Waals surface area contributed by atoms with E-state index in [9.17, 15) is 20.1 Å². The van der Waals surface area contributed by atoms with Crippen LogP contribution >= 0.6 is 11.8 Å². The van der Waals surface area contributed by atoms with E-state index in [2.05, 4.69) is 11.3 Å². The van der Waals surface area contributed by atoms with Crippen LogP contribution in [0.2, 0.25) is 0 Å². The molecule has 4 N–H and O–H groups in total. The standard InChI is InChI=1S/C14H24O8S/c1-8(7-23-4-3-10(16)20-2)6-21-14-13(19)12(18)11(17)9(5-15)22-14/h9,11-15,17-19H,1,3-7H2,2H3/t9-,11-,12+,13-,14+/m1/s1. The smallest absolute Gasteiger partial charge is 0.306 e. The van der Waals surface area contributed by atoms with E-state index in [0.29, 0.717) is 23.5 Å². The Labute approximate surface area is 139 Å². The Kier molecular flexibility index (Phi) is 9.07. The summed E-state index contributed by atoms with van der Waals surface area (Å²) in [6.45, 7) is 3.39. The van der Waals surface area contributed by atoms with Crippen LogP contribution in [0.4, 0.5) is 0 Å². The van der Waals surface area contributed by atoms with Gasteiger partial charge >= 0.3 is 5.97 Å². The molecule has 0 saturated carbocycles. The van der Waals surface area contributed by atoms with Crippen LogP contribution in [0.25, 0.3) is 0 Å². The second-order valence-electron chi connectivity index (χ2n) is 5.14. The van der Waals surface area contributed by atoms with Gasteiger partial charge in [0.15, 0.2) is 6.29 Å². The predicted molar refractivity (Wildman–Crippen MR) is 82.8 cm³/mol. The topological polar surface area (TPSA) is 126 Å². The highest BCUT2D eigenvalue weighted by Gasteiger charge is 2.43. The first-order valence-electron chi connectivity index (χ1n) is 7.14. The average molecular weight is 352 g/mol. The summed E-state index contributed by atoms with van der Waals surface area (Å²) in [7, 11) is 1.33. The second kappa shape index (κ2) is 10.2. The molecular weight excluding hydrogens is 328 g/mol. The quantitative estimate of drug-likeness (QED) is 0.226. The molecule has 23 heavy (non-hydrogen) atoms. The molecular formula is C14H24O8S. The van der Waals surface area contributed by atoms with Gasteiger partial charge in [0.05, 0.1) is 26.7 Å². The highest BCUT2D eigenvalue weighted by molar-refractivity contribution is 7.99. The molecule has 0 spiro atoms. The van der Waals surface area contributed by atoms with Gasteiger partial charge in [0.2, 0.25) is 0 Å². The van der Waals surface area contributed by atoms with Crippen molar-refractivity contribution in [2.24, 2.45) is 0 Å². The fourth-order valence-corrected chi connectivity index (χ4v) is 2.75. The molecule has 0 aromatic rings. The zero-order valence-corrected chi connectivity index (χ0v) is 13.8. The van der Waals surface area contributed by atoms with Crippen molar-refractivity contribution in [2.75, 3.05) is 31.8 Å². The van der Waals surface area contributed by atoms with Crippen LogP contribution in [0.3, 0.4) is 0 Å². The van der Waals surface area contributed by atoms with Crippen LogP contribution in [0.5, 0.6) is 0 Å². The Morgan fingerprint density at radius 1 is 1.26 bits per heavy atom. The molecule has 0 radical (unpaired) electrons. The maximum Gasteiger partial charge on any atom is 0.306 e. The zero-order chi connectivity index (χ0) is 17.4. The number of carbonyl (C=O) groups excluding carboxylic acids is 1. The third-order valence-electron chi connectivity index (χ3n) is 3.28. The van der Waals surface area contributed by atoms with Crippen molar-refractivity contribution < 1.29 is 39.4 Å². The van der Waals surface area contributed by atoms with Gasteiger partial charge in [0.1, 0.15) is 24.4 Å². The molecule has 1 fully saturated rings. The lowest BCUT2D eigenvalue weighted by molar-refractivity contribution is -0.298. The van der Waals surface area contributed by atoms with Gasteiger partial charge in [-0.15, -0.1) is 0 Å². The Hall–Kier alpha value is -0.680. The number of aliphatic hydroxyl groups excluding tert-OH is 4. The summed E-state index contributed by atoms with van der Waals surface area (Å²) in [5.41, 5.74) is 0.705. The molecule has 0 aromatic heterocycles. The maximum absolute atomic E-state index is 10.9. The van der Waals surface area contributed by atoms with Crippen molar-refractivity contribution in [1.82, 2.24) is 0 Å². The van der Waals surface area contributed by atoms with Gasteiger partial charge in [-0.1, -0.05) is 6.58 Å². The Bertz CT molecular complexity index is 389.